The summed E-state index contributed by atoms with van der Waals surface area (Å²) in [4.78, 5) is 14.1. The molecule has 3 rings (SSSR count). The van der Waals surface area contributed by atoms with Crippen LogP contribution in [0.3, 0.4) is 0 Å². The fourth-order valence-corrected chi connectivity index (χ4v) is 3.05. The lowest BCUT2D eigenvalue weighted by Crippen LogP contribution is -2.26. The number of sulfone groups is 1. The van der Waals surface area contributed by atoms with Gasteiger partial charge in [-0.3, -0.25) is 4.79 Å². The fraction of sp³-hybridized carbons (Fsp3) is 0.111. The van der Waals surface area contributed by atoms with Crippen LogP contribution in [0.15, 0.2) is 65.7 Å². The van der Waals surface area contributed by atoms with E-state index in [0.717, 1.165) is 6.26 Å². The summed E-state index contributed by atoms with van der Waals surface area (Å²) in [5.41, 5.74) is 0.900. The molecule has 0 bridgehead atoms. The molecule has 0 radical (unpaired) electrons. The highest BCUT2D eigenvalue weighted by molar-refractivity contribution is 7.90. The van der Waals surface area contributed by atoms with Gasteiger partial charge in [0.2, 0.25) is 0 Å². The van der Waals surface area contributed by atoms with Crippen LogP contribution in [-0.4, -0.2) is 37.4 Å². The number of amides is 1. The molecule has 2 aromatic carbocycles. The van der Waals surface area contributed by atoms with Crippen molar-refractivity contribution in [3.63, 3.8) is 0 Å². The number of carbonyl (C=O) groups excluding carboxylic acids is 1. The second-order valence-electron chi connectivity index (χ2n) is 5.73. The van der Waals surface area contributed by atoms with Crippen LogP contribution in [0.5, 0.6) is 0 Å². The zero-order valence-electron chi connectivity index (χ0n) is 14.1. The lowest BCUT2D eigenvalue weighted by Gasteiger charge is -2.16. The van der Waals surface area contributed by atoms with Gasteiger partial charge in [-0.2, -0.15) is 5.10 Å². The predicted octanol–water partition coefficient (Wildman–Crippen LogP) is 2.69. The Morgan fingerprint density at radius 1 is 1.08 bits per heavy atom. The van der Waals surface area contributed by atoms with Crippen LogP contribution in [-0.2, 0) is 9.84 Å². The SMILES string of the molecule is CN(C(=O)c1ccn(-c2ccccc2F)n1)c1ccc(S(C)(=O)=O)cc1. The maximum Gasteiger partial charge on any atom is 0.278 e. The minimum absolute atomic E-state index is 0.142. The number of benzene rings is 2. The lowest BCUT2D eigenvalue weighted by atomic mass is 10.3. The van der Waals surface area contributed by atoms with Gasteiger partial charge in [-0.05, 0) is 42.5 Å². The van der Waals surface area contributed by atoms with Crippen LogP contribution in [0, 0.1) is 5.82 Å². The Kier molecular flexibility index (Phi) is 4.60. The summed E-state index contributed by atoms with van der Waals surface area (Å²) < 4.78 is 38.2. The van der Waals surface area contributed by atoms with Gasteiger partial charge in [-0.25, -0.2) is 17.5 Å². The average Bonchev–Trinajstić information content (AvgIpc) is 3.10. The smallest absolute Gasteiger partial charge is 0.278 e. The van der Waals surface area contributed by atoms with Crippen molar-refractivity contribution in [2.24, 2.45) is 0 Å². The number of halogens is 1. The van der Waals surface area contributed by atoms with Crippen LogP contribution in [0.25, 0.3) is 5.69 Å². The molecule has 0 aliphatic heterocycles. The van der Waals surface area contributed by atoms with Gasteiger partial charge in [0, 0.05) is 25.2 Å². The minimum Gasteiger partial charge on any atom is -0.310 e. The van der Waals surface area contributed by atoms with Crippen molar-refractivity contribution in [3.8, 4) is 5.69 Å². The molecule has 0 aliphatic carbocycles. The maximum atomic E-state index is 13.8. The zero-order valence-corrected chi connectivity index (χ0v) is 14.9. The van der Waals surface area contributed by atoms with Crippen molar-refractivity contribution in [1.29, 1.82) is 0 Å². The van der Waals surface area contributed by atoms with Crippen LogP contribution >= 0.6 is 0 Å². The van der Waals surface area contributed by atoms with Crippen molar-refractivity contribution in [3.05, 3.63) is 72.3 Å². The molecule has 1 amide bonds. The largest absolute Gasteiger partial charge is 0.310 e. The van der Waals surface area contributed by atoms with E-state index in [2.05, 4.69) is 5.10 Å². The second kappa shape index (κ2) is 6.72. The topological polar surface area (TPSA) is 72.3 Å². The summed E-state index contributed by atoms with van der Waals surface area (Å²) >= 11 is 0. The van der Waals surface area contributed by atoms with E-state index in [0.29, 0.717) is 5.69 Å². The molecule has 0 N–H and O–H groups in total. The predicted molar refractivity (Wildman–Crippen MR) is 95.8 cm³/mol. The van der Waals surface area contributed by atoms with E-state index in [1.54, 1.807) is 37.4 Å². The van der Waals surface area contributed by atoms with Crippen molar-refractivity contribution in [2.75, 3.05) is 18.2 Å². The summed E-state index contributed by atoms with van der Waals surface area (Å²) in [6.07, 6.45) is 2.62. The first-order valence-corrected chi connectivity index (χ1v) is 9.55. The maximum absolute atomic E-state index is 13.8. The van der Waals surface area contributed by atoms with E-state index in [9.17, 15) is 17.6 Å². The Morgan fingerprint density at radius 3 is 2.35 bits per heavy atom. The third-order valence-corrected chi connectivity index (χ3v) is 4.99. The normalized spacial score (nSPS) is 11.3. The number of aromatic nitrogens is 2. The molecule has 8 heteroatoms. The van der Waals surface area contributed by atoms with Gasteiger partial charge in [-0.15, -0.1) is 0 Å². The van der Waals surface area contributed by atoms with Gasteiger partial charge in [0.05, 0.1) is 4.90 Å². The Hall–Kier alpha value is -3.00. The molecule has 0 spiro atoms. The van der Waals surface area contributed by atoms with Crippen molar-refractivity contribution in [1.82, 2.24) is 9.78 Å². The van der Waals surface area contributed by atoms with Gasteiger partial charge in [-0.1, -0.05) is 12.1 Å². The first-order valence-electron chi connectivity index (χ1n) is 7.66. The molecule has 3 aromatic rings. The third-order valence-electron chi connectivity index (χ3n) is 3.86. The van der Waals surface area contributed by atoms with Crippen molar-refractivity contribution >= 4 is 21.4 Å². The van der Waals surface area contributed by atoms with Crippen LogP contribution < -0.4 is 4.90 Å². The number of rotatable bonds is 4. The first-order chi connectivity index (χ1) is 12.3. The highest BCUT2D eigenvalue weighted by atomic mass is 32.2. The van der Waals surface area contributed by atoms with Crippen molar-refractivity contribution in [2.45, 2.75) is 4.90 Å². The van der Waals surface area contributed by atoms with Gasteiger partial charge in [0.15, 0.2) is 15.5 Å². The Balaban J connectivity index is 1.84. The molecular formula is C18H16FN3O3S. The van der Waals surface area contributed by atoms with Gasteiger partial charge in [0.25, 0.3) is 5.91 Å². The molecule has 0 fully saturated rings. The molecule has 134 valence electrons. The standard InChI is InChI=1S/C18H16FN3O3S/c1-21(13-7-9-14(10-8-13)26(2,24)25)18(23)16-11-12-22(20-16)17-6-4-3-5-15(17)19/h3-12H,1-2H3. The molecule has 26 heavy (non-hydrogen) atoms. The van der Waals surface area contributed by atoms with Gasteiger partial charge >= 0.3 is 0 Å². The van der Waals surface area contributed by atoms with Crippen molar-refractivity contribution < 1.29 is 17.6 Å². The molecule has 0 saturated carbocycles. The van der Waals surface area contributed by atoms with E-state index in [1.807, 2.05) is 0 Å². The monoisotopic (exact) mass is 373 g/mol. The quantitative estimate of drug-likeness (QED) is 0.705. The Labute approximate surface area is 150 Å². The Bertz CT molecular complexity index is 1060. The second-order valence-corrected chi connectivity index (χ2v) is 7.74. The van der Waals surface area contributed by atoms with Gasteiger partial charge in [0.1, 0.15) is 11.5 Å². The number of nitrogens with zero attached hydrogens (tertiary/aromatic N) is 3. The summed E-state index contributed by atoms with van der Waals surface area (Å²) in [7, 11) is -1.75. The van der Waals surface area contributed by atoms with E-state index in [-0.39, 0.29) is 16.3 Å². The molecule has 1 heterocycles. The number of anilines is 1. The number of carbonyl (C=O) groups is 1. The van der Waals surface area contributed by atoms with Gasteiger partial charge < -0.3 is 4.90 Å². The van der Waals surface area contributed by atoms with E-state index in [1.165, 1.54) is 40.0 Å². The lowest BCUT2D eigenvalue weighted by molar-refractivity contribution is 0.0988. The summed E-state index contributed by atoms with van der Waals surface area (Å²) in [6, 6.07) is 13.6. The van der Waals surface area contributed by atoms with E-state index >= 15 is 0 Å². The molecule has 0 unspecified atom stereocenters. The number of para-hydroxylation sites is 1. The van der Waals surface area contributed by atoms with E-state index in [4.69, 9.17) is 0 Å². The molecule has 1 aromatic heterocycles. The van der Waals surface area contributed by atoms with Crippen LogP contribution in [0.1, 0.15) is 10.5 Å². The Morgan fingerprint density at radius 2 is 1.73 bits per heavy atom. The highest BCUT2D eigenvalue weighted by Crippen LogP contribution is 2.19. The van der Waals surface area contributed by atoms with Crippen LogP contribution in [0.4, 0.5) is 10.1 Å². The number of hydrogen-bond donors (Lipinski definition) is 0. The summed E-state index contributed by atoms with van der Waals surface area (Å²) in [5.74, 6) is -0.841. The number of hydrogen-bond acceptors (Lipinski definition) is 4. The highest BCUT2D eigenvalue weighted by Gasteiger charge is 2.18. The molecule has 0 atom stereocenters. The fourth-order valence-electron chi connectivity index (χ4n) is 2.42. The summed E-state index contributed by atoms with van der Waals surface area (Å²) in [6.45, 7) is 0. The minimum atomic E-state index is -3.30. The van der Waals surface area contributed by atoms with Crippen LogP contribution in [0.2, 0.25) is 0 Å². The molecule has 6 nitrogen and oxygen atoms in total. The third kappa shape index (κ3) is 3.50. The zero-order chi connectivity index (χ0) is 18.9. The molecule has 0 saturated heterocycles. The first kappa shape index (κ1) is 17.8. The summed E-state index contributed by atoms with van der Waals surface area (Å²) in [5, 5.41) is 4.13. The molecule has 0 aliphatic rings. The molecular weight excluding hydrogens is 357 g/mol. The van der Waals surface area contributed by atoms with E-state index < -0.39 is 21.6 Å². The average molecular weight is 373 g/mol.